The average molecular weight is 622 g/mol. The molecule has 3 aliphatic heterocycles. The van der Waals surface area contributed by atoms with Crippen LogP contribution in [0.15, 0.2) is 48.7 Å². The minimum Gasteiger partial charge on any atom is -0.493 e. The summed E-state index contributed by atoms with van der Waals surface area (Å²) in [6, 6.07) is 12.3. The molecule has 2 aromatic heterocycles. The number of alkyl halides is 3. The fourth-order valence-corrected chi connectivity index (χ4v) is 7.14. The quantitative estimate of drug-likeness (QED) is 0.346. The van der Waals surface area contributed by atoms with Crippen LogP contribution in [0.4, 0.5) is 18.9 Å². The first kappa shape index (κ1) is 29.8. The zero-order valence-corrected chi connectivity index (χ0v) is 25.4. The molecule has 45 heavy (non-hydrogen) atoms. The molecule has 1 saturated carbocycles. The maximum absolute atomic E-state index is 14.5. The lowest BCUT2D eigenvalue weighted by Crippen LogP contribution is -2.57. The summed E-state index contributed by atoms with van der Waals surface area (Å²) >= 11 is 0. The molecule has 0 bridgehead atoms. The molecule has 238 valence electrons. The number of nitrogens with zero attached hydrogens (tertiary/aromatic N) is 4. The number of nitrogens with one attached hydrogen (secondary N) is 1. The van der Waals surface area contributed by atoms with Crippen LogP contribution >= 0.6 is 0 Å². The Bertz CT molecular complexity index is 1560. The van der Waals surface area contributed by atoms with E-state index in [1.165, 1.54) is 6.07 Å². The summed E-state index contributed by atoms with van der Waals surface area (Å²) in [4.78, 5) is 27.2. The molecule has 1 N–H and O–H groups in total. The topological polar surface area (TPSA) is 79.8 Å². The molecule has 4 aliphatic rings. The summed E-state index contributed by atoms with van der Waals surface area (Å²) in [5.41, 5.74) is 1.63. The van der Waals surface area contributed by atoms with Gasteiger partial charge in [0.25, 0.3) is 5.91 Å². The van der Waals surface area contributed by atoms with Crippen LogP contribution in [0.5, 0.6) is 11.6 Å². The highest BCUT2D eigenvalue weighted by Gasteiger charge is 2.49. The molecule has 8 nitrogen and oxygen atoms in total. The number of anilines is 1. The standard InChI is InChI=1S/C34H38F3N5O3/c1-2-44-31-24(5-4-15-39-31)26-11-10-25-30(40-26)32(43)42(23-12-16-38-19-23)21-33(25)13-17-41(18-14-33)27-6-3-7-28(29(27)34(35,36)37)45-20-22-8-9-22/h3-7,10-11,15,22-23,38H,2,8-9,12-14,16-21H2,1H3. The normalized spacial score (nSPS) is 21.2. The van der Waals surface area contributed by atoms with Crippen molar-refractivity contribution >= 4 is 11.6 Å². The summed E-state index contributed by atoms with van der Waals surface area (Å²) in [6.07, 6.45) is 1.14. The molecular formula is C34H38F3N5O3. The van der Waals surface area contributed by atoms with Crippen LogP contribution in [0.25, 0.3) is 11.3 Å². The number of carbonyl (C=O) groups is 1. The number of rotatable bonds is 8. The van der Waals surface area contributed by atoms with E-state index in [9.17, 15) is 18.0 Å². The SMILES string of the molecule is CCOc1ncccc1-c1ccc2c(n1)C(=O)N(C1CCNC1)CC21CCN(c2cccc(OCC3CC3)c2C(F)(F)F)CC1. The number of ether oxygens (including phenoxy) is 2. The van der Waals surface area contributed by atoms with Crippen molar-refractivity contribution in [2.45, 2.75) is 56.7 Å². The summed E-state index contributed by atoms with van der Waals surface area (Å²) in [7, 11) is 0. The molecule has 1 amide bonds. The number of hydrogen-bond donors (Lipinski definition) is 1. The Labute approximate surface area is 260 Å². The van der Waals surface area contributed by atoms with Gasteiger partial charge >= 0.3 is 6.18 Å². The van der Waals surface area contributed by atoms with Gasteiger partial charge in [-0.3, -0.25) is 4.79 Å². The monoisotopic (exact) mass is 621 g/mol. The number of pyridine rings is 2. The Morgan fingerprint density at radius 3 is 2.58 bits per heavy atom. The first-order valence-electron chi connectivity index (χ1n) is 16.0. The van der Waals surface area contributed by atoms with Crippen LogP contribution in [0, 0.1) is 5.92 Å². The van der Waals surface area contributed by atoms with Gasteiger partial charge in [0.05, 0.1) is 30.2 Å². The average Bonchev–Trinajstić information content (AvgIpc) is 3.72. The van der Waals surface area contributed by atoms with Crippen LogP contribution in [-0.4, -0.2) is 72.8 Å². The minimum atomic E-state index is -4.55. The fourth-order valence-electron chi connectivity index (χ4n) is 7.14. The van der Waals surface area contributed by atoms with Crippen LogP contribution in [-0.2, 0) is 11.6 Å². The van der Waals surface area contributed by atoms with Gasteiger partial charge in [-0.2, -0.15) is 13.2 Å². The van der Waals surface area contributed by atoms with Crippen molar-refractivity contribution in [2.75, 3.05) is 50.8 Å². The van der Waals surface area contributed by atoms with Crippen LogP contribution < -0.4 is 19.7 Å². The highest BCUT2D eigenvalue weighted by molar-refractivity contribution is 5.96. The predicted molar refractivity (Wildman–Crippen MR) is 164 cm³/mol. The van der Waals surface area contributed by atoms with Crippen molar-refractivity contribution in [3.05, 3.63) is 65.5 Å². The Balaban J connectivity index is 1.22. The molecule has 1 aromatic carbocycles. The van der Waals surface area contributed by atoms with Crippen molar-refractivity contribution in [3.63, 3.8) is 0 Å². The number of hydrogen-bond acceptors (Lipinski definition) is 7. The lowest BCUT2D eigenvalue weighted by molar-refractivity contribution is -0.138. The smallest absolute Gasteiger partial charge is 0.421 e. The van der Waals surface area contributed by atoms with E-state index in [1.54, 1.807) is 18.3 Å². The van der Waals surface area contributed by atoms with E-state index in [0.717, 1.165) is 31.4 Å². The number of aromatic nitrogens is 2. The zero-order valence-electron chi connectivity index (χ0n) is 25.4. The fraction of sp³-hybridized carbons (Fsp3) is 0.500. The molecule has 1 atom stereocenters. The molecule has 1 unspecified atom stereocenters. The van der Waals surface area contributed by atoms with Crippen molar-refractivity contribution in [3.8, 4) is 22.9 Å². The first-order chi connectivity index (χ1) is 21.8. The molecule has 2 saturated heterocycles. The minimum absolute atomic E-state index is 0.0421. The summed E-state index contributed by atoms with van der Waals surface area (Å²) < 4.78 is 54.9. The third-order valence-electron chi connectivity index (χ3n) is 9.73. The van der Waals surface area contributed by atoms with Gasteiger partial charge in [0.2, 0.25) is 5.88 Å². The maximum atomic E-state index is 14.5. The van der Waals surface area contributed by atoms with Crippen LogP contribution in [0.3, 0.4) is 0 Å². The first-order valence-corrected chi connectivity index (χ1v) is 16.0. The van der Waals surface area contributed by atoms with E-state index >= 15 is 0 Å². The van der Waals surface area contributed by atoms with E-state index in [2.05, 4.69) is 10.3 Å². The third-order valence-corrected chi connectivity index (χ3v) is 9.73. The molecular weight excluding hydrogens is 583 g/mol. The molecule has 7 rings (SSSR count). The molecule has 0 radical (unpaired) electrons. The van der Waals surface area contributed by atoms with E-state index in [-0.39, 0.29) is 23.4 Å². The third kappa shape index (κ3) is 5.71. The van der Waals surface area contributed by atoms with Crippen molar-refractivity contribution < 1.29 is 27.4 Å². The van der Waals surface area contributed by atoms with Crippen LogP contribution in [0.2, 0.25) is 0 Å². The number of benzene rings is 1. The number of halogens is 3. The Kier molecular flexibility index (Phi) is 7.83. The second-order valence-electron chi connectivity index (χ2n) is 12.6. The Morgan fingerprint density at radius 1 is 1.04 bits per heavy atom. The Hall–Kier alpha value is -3.86. The number of carbonyl (C=O) groups excluding carboxylic acids is 1. The van der Waals surface area contributed by atoms with Crippen molar-refractivity contribution in [2.24, 2.45) is 5.92 Å². The zero-order chi connectivity index (χ0) is 31.2. The number of fused-ring (bicyclic) bond motifs is 2. The lowest BCUT2D eigenvalue weighted by atomic mass is 9.69. The molecule has 3 aromatic rings. The molecule has 3 fully saturated rings. The van der Waals surface area contributed by atoms with Gasteiger partial charge in [-0.15, -0.1) is 0 Å². The van der Waals surface area contributed by atoms with Crippen molar-refractivity contribution in [1.29, 1.82) is 0 Å². The second-order valence-corrected chi connectivity index (χ2v) is 12.6. The van der Waals surface area contributed by atoms with Gasteiger partial charge in [0, 0.05) is 43.8 Å². The second kappa shape index (κ2) is 11.8. The predicted octanol–water partition coefficient (Wildman–Crippen LogP) is 5.71. The highest BCUT2D eigenvalue weighted by Crippen LogP contribution is 2.48. The molecule has 11 heteroatoms. The van der Waals surface area contributed by atoms with Gasteiger partial charge in [-0.1, -0.05) is 12.1 Å². The summed E-state index contributed by atoms with van der Waals surface area (Å²) in [6.45, 7) is 5.55. The van der Waals surface area contributed by atoms with Crippen molar-refractivity contribution in [1.82, 2.24) is 20.2 Å². The van der Waals surface area contributed by atoms with Gasteiger partial charge in [-0.25, -0.2) is 9.97 Å². The molecule has 1 spiro atoms. The van der Waals surface area contributed by atoms with E-state index in [4.69, 9.17) is 14.5 Å². The molecule has 5 heterocycles. The number of amides is 1. The van der Waals surface area contributed by atoms with Crippen LogP contribution in [0.1, 0.15) is 60.6 Å². The number of piperidine rings is 1. The summed E-state index contributed by atoms with van der Waals surface area (Å²) in [5.74, 6) is 0.601. The van der Waals surface area contributed by atoms with Gasteiger partial charge in [0.1, 0.15) is 17.0 Å². The van der Waals surface area contributed by atoms with Gasteiger partial charge in [-0.05, 0) is 87.4 Å². The lowest BCUT2D eigenvalue weighted by Gasteiger charge is -2.50. The van der Waals surface area contributed by atoms with E-state index < -0.39 is 17.2 Å². The molecule has 1 aliphatic carbocycles. The highest BCUT2D eigenvalue weighted by atomic mass is 19.4. The van der Waals surface area contributed by atoms with Gasteiger partial charge < -0.3 is 24.6 Å². The van der Waals surface area contributed by atoms with E-state index in [1.807, 2.05) is 41.0 Å². The largest absolute Gasteiger partial charge is 0.493 e. The van der Waals surface area contributed by atoms with E-state index in [0.29, 0.717) is 81.0 Å². The summed E-state index contributed by atoms with van der Waals surface area (Å²) in [5, 5.41) is 3.37. The maximum Gasteiger partial charge on any atom is 0.421 e. The van der Waals surface area contributed by atoms with Gasteiger partial charge in [0.15, 0.2) is 0 Å². The Morgan fingerprint density at radius 2 is 1.87 bits per heavy atom.